The molecule has 10 heteroatoms. The van der Waals surface area contributed by atoms with E-state index in [0.29, 0.717) is 13.1 Å². The molecule has 140 valence electrons. The van der Waals surface area contributed by atoms with Crippen molar-refractivity contribution in [3.63, 3.8) is 0 Å². The summed E-state index contributed by atoms with van der Waals surface area (Å²) in [6.45, 7) is 4.15. The van der Waals surface area contributed by atoms with Crippen LogP contribution < -0.4 is 11.1 Å². The van der Waals surface area contributed by atoms with Gasteiger partial charge >= 0.3 is 0 Å². The average molecular weight is 365 g/mol. The molecule has 0 unspecified atom stereocenters. The van der Waals surface area contributed by atoms with Gasteiger partial charge in [0.25, 0.3) is 12.3 Å². The van der Waals surface area contributed by atoms with Crippen LogP contribution >= 0.6 is 0 Å². The molecule has 1 amide bonds. The number of aromatic nitrogens is 1. The molecule has 0 spiro atoms. The number of hydrogen-bond acceptors (Lipinski definition) is 6. The third-order valence-electron chi connectivity index (χ3n) is 3.21. The molecule has 8 nitrogen and oxygen atoms in total. The maximum absolute atomic E-state index is 12.8. The summed E-state index contributed by atoms with van der Waals surface area (Å²) in [5.74, 6) is -0.854. The van der Waals surface area contributed by atoms with E-state index in [2.05, 4.69) is 15.3 Å². The van der Waals surface area contributed by atoms with E-state index < -0.39 is 23.6 Å². The summed E-state index contributed by atoms with van der Waals surface area (Å²) in [5, 5.41) is 17.7. The quantitative estimate of drug-likeness (QED) is 0.318. The predicted octanol–water partition coefficient (Wildman–Crippen LogP) is 1.84. The second-order valence-electron chi connectivity index (χ2n) is 4.92. The Morgan fingerprint density at radius 1 is 1.46 bits per heavy atom. The van der Waals surface area contributed by atoms with E-state index in [1.165, 1.54) is 17.0 Å². The number of amides is 1. The lowest BCUT2D eigenvalue weighted by Crippen LogP contribution is -2.30. The number of alkyl halides is 2. The van der Waals surface area contributed by atoms with Gasteiger partial charge in [0, 0.05) is 19.3 Å². The lowest BCUT2D eigenvalue weighted by atomic mass is 10.2. The van der Waals surface area contributed by atoms with Gasteiger partial charge in [-0.1, -0.05) is 6.07 Å². The molecule has 26 heavy (non-hydrogen) atoms. The minimum Gasteiger partial charge on any atom is -0.397 e. The van der Waals surface area contributed by atoms with Crippen LogP contribution in [0.15, 0.2) is 34.5 Å². The topological polar surface area (TPSA) is 131 Å². The fraction of sp³-hybridized carbons (Fsp3) is 0.312. The molecule has 0 bridgehead atoms. The van der Waals surface area contributed by atoms with Gasteiger partial charge in [-0.05, 0) is 26.0 Å². The van der Waals surface area contributed by atoms with E-state index in [1.54, 1.807) is 19.9 Å². The van der Waals surface area contributed by atoms with Crippen LogP contribution in [0.4, 0.5) is 14.6 Å². The molecule has 0 aliphatic carbocycles. The minimum atomic E-state index is -3.00. The number of aliphatic imine (C=N–C) groups is 1. The van der Waals surface area contributed by atoms with Crippen LogP contribution in [0.1, 0.15) is 19.5 Å². The first-order valence-corrected chi connectivity index (χ1v) is 7.77. The molecular weight excluding hydrogens is 344 g/mol. The van der Waals surface area contributed by atoms with Crippen molar-refractivity contribution < 1.29 is 13.6 Å². The predicted molar refractivity (Wildman–Crippen MR) is 97.1 cm³/mol. The zero-order valence-electron chi connectivity index (χ0n) is 14.5. The Labute approximate surface area is 149 Å². The number of anilines is 1. The molecule has 0 radical (unpaired) electrons. The third-order valence-corrected chi connectivity index (χ3v) is 3.21. The monoisotopic (exact) mass is 365 g/mol. The van der Waals surface area contributed by atoms with E-state index in [9.17, 15) is 13.6 Å². The van der Waals surface area contributed by atoms with Crippen LogP contribution in [0.2, 0.25) is 0 Å². The van der Waals surface area contributed by atoms with Gasteiger partial charge in [-0.2, -0.15) is 0 Å². The van der Waals surface area contributed by atoms with E-state index in [1.807, 2.05) is 0 Å². The molecule has 0 aliphatic rings. The maximum Gasteiger partial charge on any atom is 0.278 e. The van der Waals surface area contributed by atoms with Crippen LogP contribution in [0.25, 0.3) is 0 Å². The summed E-state index contributed by atoms with van der Waals surface area (Å²) in [6.07, 6.45) is -1.02. The van der Waals surface area contributed by atoms with Crippen molar-refractivity contribution in [2.45, 2.75) is 20.3 Å². The molecule has 0 atom stereocenters. The Hall–Kier alpha value is -3.17. The lowest BCUT2D eigenvalue weighted by molar-refractivity contribution is -0.112. The number of nitrogens with two attached hydrogens (primary N) is 1. The standard InChI is InChI=1S/C16H21F2N7O/c1-3-22-8-10(13(20)14(17)18)16(26)24-12-7-5-6-11(23-12)15(21)25(4-2)9-19/h5-9,14,19,21H,3-4,20H2,1-2H3,(H,23,24,26). The van der Waals surface area contributed by atoms with Gasteiger partial charge < -0.3 is 16.0 Å². The average Bonchev–Trinajstić information content (AvgIpc) is 2.62. The Balaban J connectivity index is 3.10. The van der Waals surface area contributed by atoms with Gasteiger partial charge in [-0.25, -0.2) is 13.8 Å². The van der Waals surface area contributed by atoms with Crippen LogP contribution in [-0.4, -0.2) is 53.7 Å². The number of pyridine rings is 1. The van der Waals surface area contributed by atoms with Crippen molar-refractivity contribution in [2.24, 2.45) is 10.7 Å². The number of hydrogen-bond donors (Lipinski definition) is 4. The maximum atomic E-state index is 12.8. The van der Waals surface area contributed by atoms with E-state index >= 15 is 0 Å². The minimum absolute atomic E-state index is 0.0333. The summed E-state index contributed by atoms with van der Waals surface area (Å²) >= 11 is 0. The molecule has 5 N–H and O–H groups in total. The Morgan fingerprint density at radius 3 is 2.69 bits per heavy atom. The SMILES string of the molecule is CCN=CC(C(=O)Nc1cccc(C(=N)N(C=N)CC)n1)=C(N)C(F)F. The zero-order valence-corrected chi connectivity index (χ0v) is 14.5. The van der Waals surface area contributed by atoms with E-state index in [0.717, 1.165) is 12.6 Å². The number of allylic oxidation sites excluding steroid dienone is 1. The highest BCUT2D eigenvalue weighted by molar-refractivity contribution is 6.18. The first kappa shape index (κ1) is 20.9. The molecule has 1 rings (SSSR count). The van der Waals surface area contributed by atoms with Gasteiger partial charge in [-0.15, -0.1) is 0 Å². The van der Waals surface area contributed by atoms with Gasteiger partial charge in [-0.3, -0.25) is 20.6 Å². The Morgan fingerprint density at radius 2 is 2.15 bits per heavy atom. The molecule has 1 aromatic rings. The highest BCUT2D eigenvalue weighted by atomic mass is 19.3. The van der Waals surface area contributed by atoms with Crippen molar-refractivity contribution in [2.75, 3.05) is 18.4 Å². The van der Waals surface area contributed by atoms with Gasteiger partial charge in [0.05, 0.1) is 17.6 Å². The van der Waals surface area contributed by atoms with E-state index in [-0.39, 0.29) is 17.3 Å². The van der Waals surface area contributed by atoms with Crippen LogP contribution in [0, 0.1) is 10.8 Å². The molecule has 0 aromatic carbocycles. The first-order chi connectivity index (χ1) is 12.3. The molecule has 1 heterocycles. The second kappa shape index (κ2) is 9.97. The van der Waals surface area contributed by atoms with Crippen LogP contribution in [0.3, 0.4) is 0 Å². The van der Waals surface area contributed by atoms with Crippen LogP contribution in [0.5, 0.6) is 0 Å². The summed E-state index contributed by atoms with van der Waals surface area (Å²) in [4.78, 5) is 21.5. The van der Waals surface area contributed by atoms with E-state index in [4.69, 9.17) is 16.6 Å². The number of nitrogens with zero attached hydrogens (tertiary/aromatic N) is 3. The normalized spacial score (nSPS) is 12.0. The largest absolute Gasteiger partial charge is 0.397 e. The fourth-order valence-corrected chi connectivity index (χ4v) is 1.85. The number of amidine groups is 1. The van der Waals surface area contributed by atoms with Crippen molar-refractivity contribution in [1.29, 1.82) is 10.8 Å². The van der Waals surface area contributed by atoms with Gasteiger partial charge in [0.15, 0.2) is 5.84 Å². The van der Waals surface area contributed by atoms with Crippen LogP contribution in [-0.2, 0) is 4.79 Å². The smallest absolute Gasteiger partial charge is 0.278 e. The summed E-state index contributed by atoms with van der Waals surface area (Å²) < 4.78 is 25.7. The number of carbonyl (C=O) groups is 1. The van der Waals surface area contributed by atoms with Gasteiger partial charge in [0.1, 0.15) is 11.5 Å². The highest BCUT2D eigenvalue weighted by Crippen LogP contribution is 2.12. The molecule has 0 saturated carbocycles. The summed E-state index contributed by atoms with van der Waals surface area (Å²) in [7, 11) is 0. The fourth-order valence-electron chi connectivity index (χ4n) is 1.85. The summed E-state index contributed by atoms with van der Waals surface area (Å²) in [6, 6.07) is 4.53. The van der Waals surface area contributed by atoms with Crippen molar-refractivity contribution in [1.82, 2.24) is 9.88 Å². The number of halogens is 2. The molecule has 1 aromatic heterocycles. The molecular formula is C16H21F2N7O. The third kappa shape index (κ3) is 5.43. The Kier molecular flexibility index (Phi) is 8.00. The summed E-state index contributed by atoms with van der Waals surface area (Å²) in [5.41, 5.74) is 4.18. The number of rotatable bonds is 8. The van der Waals surface area contributed by atoms with Crippen molar-refractivity contribution >= 4 is 30.1 Å². The Bertz CT molecular complexity index is 731. The van der Waals surface area contributed by atoms with Crippen molar-refractivity contribution in [3.05, 3.63) is 35.2 Å². The number of nitrogens with one attached hydrogen (secondary N) is 3. The molecule has 0 aliphatic heterocycles. The number of carbonyl (C=O) groups excluding carboxylic acids is 1. The molecule has 0 saturated heterocycles. The van der Waals surface area contributed by atoms with Crippen molar-refractivity contribution in [3.8, 4) is 0 Å². The molecule has 0 fully saturated rings. The second-order valence-corrected chi connectivity index (χ2v) is 4.92. The zero-order chi connectivity index (χ0) is 19.7. The first-order valence-electron chi connectivity index (χ1n) is 7.77. The lowest BCUT2D eigenvalue weighted by Gasteiger charge is -2.17. The van der Waals surface area contributed by atoms with Gasteiger partial charge in [0.2, 0.25) is 0 Å². The highest BCUT2D eigenvalue weighted by Gasteiger charge is 2.19.